The molecule has 1 aliphatic rings. The molecule has 3 aromatic rings. The smallest absolute Gasteiger partial charge is 0.222 e. The molecule has 0 aromatic carbocycles. The third-order valence-corrected chi connectivity index (χ3v) is 5.58. The standard InChI is InChI=1S/C18H22N6S/c1-2-16-4-5-17(25-16)13-23-8-9-24-15(12-23)10-14(22-24)11-21-18-19-6-3-7-20-18/h3-7,10H,2,8-9,11-13H2,1H3,(H,19,20,21). The van der Waals surface area contributed by atoms with Gasteiger partial charge in [0, 0.05) is 41.8 Å². The van der Waals surface area contributed by atoms with Crippen LogP contribution in [0.4, 0.5) is 5.95 Å². The zero-order valence-corrected chi connectivity index (χ0v) is 15.2. The Morgan fingerprint density at radius 1 is 1.16 bits per heavy atom. The fraction of sp³-hybridized carbons (Fsp3) is 0.389. The third kappa shape index (κ3) is 3.88. The van der Waals surface area contributed by atoms with E-state index in [1.165, 1.54) is 15.4 Å². The molecule has 7 heteroatoms. The van der Waals surface area contributed by atoms with Crippen molar-refractivity contribution in [3.05, 3.63) is 57.8 Å². The highest BCUT2D eigenvalue weighted by Crippen LogP contribution is 2.22. The Balaban J connectivity index is 1.37. The maximum Gasteiger partial charge on any atom is 0.222 e. The summed E-state index contributed by atoms with van der Waals surface area (Å²) in [5.41, 5.74) is 2.32. The summed E-state index contributed by atoms with van der Waals surface area (Å²) in [6.07, 6.45) is 4.60. The third-order valence-electron chi connectivity index (χ3n) is 4.37. The fourth-order valence-corrected chi connectivity index (χ4v) is 4.08. The zero-order valence-electron chi connectivity index (χ0n) is 14.4. The lowest BCUT2D eigenvalue weighted by atomic mass is 10.2. The molecule has 0 aliphatic carbocycles. The number of nitrogens with one attached hydrogen (secondary N) is 1. The summed E-state index contributed by atoms with van der Waals surface area (Å²) < 4.78 is 2.13. The molecular formula is C18H22N6S. The molecule has 0 saturated heterocycles. The number of nitrogens with zero attached hydrogens (tertiary/aromatic N) is 5. The molecule has 130 valence electrons. The second kappa shape index (κ2) is 7.33. The molecular weight excluding hydrogens is 332 g/mol. The highest BCUT2D eigenvalue weighted by molar-refractivity contribution is 7.11. The lowest BCUT2D eigenvalue weighted by Crippen LogP contribution is -2.33. The van der Waals surface area contributed by atoms with Crippen LogP contribution in [0.15, 0.2) is 36.7 Å². The van der Waals surface area contributed by atoms with E-state index < -0.39 is 0 Å². The Morgan fingerprint density at radius 2 is 2.00 bits per heavy atom. The molecule has 1 N–H and O–H groups in total. The van der Waals surface area contributed by atoms with Crippen molar-refractivity contribution in [1.82, 2.24) is 24.6 Å². The number of anilines is 1. The maximum absolute atomic E-state index is 4.70. The minimum absolute atomic E-state index is 0.638. The summed E-state index contributed by atoms with van der Waals surface area (Å²) in [7, 11) is 0. The van der Waals surface area contributed by atoms with E-state index in [1.54, 1.807) is 12.4 Å². The molecule has 0 unspecified atom stereocenters. The van der Waals surface area contributed by atoms with Crippen LogP contribution < -0.4 is 5.32 Å². The normalized spacial score (nSPS) is 14.4. The second-order valence-corrected chi connectivity index (χ2v) is 7.46. The number of fused-ring (bicyclic) bond motifs is 1. The van der Waals surface area contributed by atoms with Gasteiger partial charge in [0.1, 0.15) is 0 Å². The van der Waals surface area contributed by atoms with E-state index >= 15 is 0 Å². The van der Waals surface area contributed by atoms with Gasteiger partial charge in [0.05, 0.1) is 24.5 Å². The van der Waals surface area contributed by atoms with Crippen LogP contribution in [0.25, 0.3) is 0 Å². The monoisotopic (exact) mass is 354 g/mol. The molecule has 4 rings (SSSR count). The van der Waals surface area contributed by atoms with Crippen LogP contribution >= 0.6 is 11.3 Å². The van der Waals surface area contributed by atoms with Crippen LogP contribution in [0.5, 0.6) is 0 Å². The van der Waals surface area contributed by atoms with E-state index in [4.69, 9.17) is 5.10 Å². The maximum atomic E-state index is 4.70. The Labute approximate surface area is 151 Å². The van der Waals surface area contributed by atoms with Gasteiger partial charge in [0.25, 0.3) is 0 Å². The minimum atomic E-state index is 0.638. The Morgan fingerprint density at radius 3 is 2.80 bits per heavy atom. The van der Waals surface area contributed by atoms with Crippen molar-refractivity contribution in [2.45, 2.75) is 39.5 Å². The summed E-state index contributed by atoms with van der Waals surface area (Å²) in [6.45, 7) is 6.83. The van der Waals surface area contributed by atoms with Crippen molar-refractivity contribution >= 4 is 17.3 Å². The van der Waals surface area contributed by atoms with E-state index in [2.05, 4.69) is 50.0 Å². The lowest BCUT2D eigenvalue weighted by molar-refractivity contribution is 0.207. The van der Waals surface area contributed by atoms with Gasteiger partial charge in [-0.25, -0.2) is 9.97 Å². The first-order chi connectivity index (χ1) is 12.3. The predicted octanol–water partition coefficient (Wildman–Crippen LogP) is 2.92. The minimum Gasteiger partial charge on any atom is -0.348 e. The fourth-order valence-electron chi connectivity index (χ4n) is 3.08. The molecule has 0 saturated carbocycles. The Hall–Kier alpha value is -2.25. The van der Waals surface area contributed by atoms with Gasteiger partial charge < -0.3 is 5.32 Å². The summed E-state index contributed by atoms with van der Waals surface area (Å²) in [4.78, 5) is 13.8. The van der Waals surface area contributed by atoms with E-state index in [-0.39, 0.29) is 0 Å². The van der Waals surface area contributed by atoms with Crippen molar-refractivity contribution < 1.29 is 0 Å². The summed E-state index contributed by atoms with van der Waals surface area (Å²) in [5, 5.41) is 7.92. The molecule has 6 nitrogen and oxygen atoms in total. The molecule has 0 bridgehead atoms. The van der Waals surface area contributed by atoms with Crippen molar-refractivity contribution in [3.63, 3.8) is 0 Å². The first-order valence-corrected chi connectivity index (χ1v) is 9.48. The van der Waals surface area contributed by atoms with Gasteiger partial charge in [0.15, 0.2) is 0 Å². The average Bonchev–Trinajstić information content (AvgIpc) is 3.27. The molecule has 1 aliphatic heterocycles. The highest BCUT2D eigenvalue weighted by Gasteiger charge is 2.19. The summed E-state index contributed by atoms with van der Waals surface area (Å²) in [5.74, 6) is 0.638. The Bertz CT molecular complexity index is 825. The number of hydrogen-bond donors (Lipinski definition) is 1. The largest absolute Gasteiger partial charge is 0.348 e. The van der Waals surface area contributed by atoms with Gasteiger partial charge in [-0.3, -0.25) is 9.58 Å². The van der Waals surface area contributed by atoms with Gasteiger partial charge in [-0.15, -0.1) is 11.3 Å². The molecule has 0 spiro atoms. The molecule has 4 heterocycles. The van der Waals surface area contributed by atoms with E-state index in [1.807, 2.05) is 17.4 Å². The number of aryl methyl sites for hydroxylation is 1. The quantitative estimate of drug-likeness (QED) is 0.737. The van der Waals surface area contributed by atoms with Crippen LogP contribution in [-0.2, 0) is 32.6 Å². The molecule has 0 radical (unpaired) electrons. The summed E-state index contributed by atoms with van der Waals surface area (Å²) in [6, 6.07) is 8.52. The highest BCUT2D eigenvalue weighted by atomic mass is 32.1. The van der Waals surface area contributed by atoms with E-state index in [0.29, 0.717) is 12.5 Å². The molecule has 25 heavy (non-hydrogen) atoms. The lowest BCUT2D eigenvalue weighted by Gasteiger charge is -2.26. The van der Waals surface area contributed by atoms with Crippen LogP contribution in [0.2, 0.25) is 0 Å². The number of hydrogen-bond acceptors (Lipinski definition) is 6. The molecule has 0 atom stereocenters. The summed E-state index contributed by atoms with van der Waals surface area (Å²) >= 11 is 1.93. The number of thiophene rings is 1. The van der Waals surface area contributed by atoms with Crippen LogP contribution in [0.3, 0.4) is 0 Å². The van der Waals surface area contributed by atoms with Crippen molar-refractivity contribution in [2.75, 3.05) is 11.9 Å². The van der Waals surface area contributed by atoms with E-state index in [0.717, 1.165) is 38.3 Å². The van der Waals surface area contributed by atoms with Gasteiger partial charge >= 0.3 is 0 Å². The predicted molar refractivity (Wildman–Crippen MR) is 99.4 cm³/mol. The first kappa shape index (κ1) is 16.2. The van der Waals surface area contributed by atoms with Crippen molar-refractivity contribution in [3.8, 4) is 0 Å². The molecule has 0 fully saturated rings. The molecule has 0 amide bonds. The molecule has 3 aromatic heterocycles. The van der Waals surface area contributed by atoms with Gasteiger partial charge in [-0.2, -0.15) is 5.10 Å². The van der Waals surface area contributed by atoms with Gasteiger partial charge in [0.2, 0.25) is 5.95 Å². The average molecular weight is 354 g/mol. The van der Waals surface area contributed by atoms with Crippen LogP contribution in [0, 0.1) is 0 Å². The zero-order chi connectivity index (χ0) is 17.1. The van der Waals surface area contributed by atoms with Crippen molar-refractivity contribution in [1.29, 1.82) is 0 Å². The van der Waals surface area contributed by atoms with Crippen LogP contribution in [-0.4, -0.2) is 31.2 Å². The topological polar surface area (TPSA) is 58.9 Å². The van der Waals surface area contributed by atoms with E-state index in [9.17, 15) is 0 Å². The van der Waals surface area contributed by atoms with Crippen molar-refractivity contribution in [2.24, 2.45) is 0 Å². The first-order valence-electron chi connectivity index (χ1n) is 8.66. The SMILES string of the molecule is CCc1ccc(CN2CCn3nc(CNc4ncccn4)cc3C2)s1. The van der Waals surface area contributed by atoms with Gasteiger partial charge in [-0.05, 0) is 30.7 Å². The Kier molecular flexibility index (Phi) is 4.76. The second-order valence-electron chi connectivity index (χ2n) is 6.21. The number of rotatable bonds is 6. The number of aromatic nitrogens is 4. The van der Waals surface area contributed by atoms with Gasteiger partial charge in [-0.1, -0.05) is 6.92 Å². The van der Waals surface area contributed by atoms with Crippen LogP contribution in [0.1, 0.15) is 28.1 Å².